The Morgan fingerprint density at radius 1 is 0.800 bits per heavy atom. The molecule has 122 valence electrons. The first-order valence-corrected chi connectivity index (χ1v) is 8.73. The monoisotopic (exact) mass is 345 g/mol. The number of nitrogens with zero attached hydrogens (tertiary/aromatic N) is 1. The molecular weight excluding hydrogens is 330 g/mol. The Balaban J connectivity index is 1.59. The average Bonchev–Trinajstić information content (AvgIpc) is 2.66. The number of rotatable bonds is 1. The van der Waals surface area contributed by atoms with Crippen molar-refractivity contribution in [2.24, 2.45) is 0 Å². The molecule has 0 bridgehead atoms. The van der Waals surface area contributed by atoms with Crippen molar-refractivity contribution >= 4 is 38.8 Å². The lowest BCUT2D eigenvalue weighted by molar-refractivity contribution is 0.293. The van der Waals surface area contributed by atoms with Crippen molar-refractivity contribution in [3.05, 3.63) is 83.4 Å². The van der Waals surface area contributed by atoms with Gasteiger partial charge in [0.2, 0.25) is 0 Å². The standard InChI is InChI=1S/C22H16ClNO/c23-19-7-9-20(10-8-19)24-13-18-6-5-17-11-15-3-1-2-4-16(15)12-21(17)22(18)25-14-24/h1-12H,13-14H2. The van der Waals surface area contributed by atoms with Crippen molar-refractivity contribution in [2.75, 3.05) is 11.6 Å². The fraction of sp³-hybridized carbons (Fsp3) is 0.0909. The molecule has 0 aromatic heterocycles. The predicted octanol–water partition coefficient (Wildman–Crippen LogP) is 6.00. The molecule has 1 heterocycles. The average molecular weight is 346 g/mol. The van der Waals surface area contributed by atoms with E-state index >= 15 is 0 Å². The van der Waals surface area contributed by atoms with Crippen LogP contribution in [0.5, 0.6) is 5.75 Å². The van der Waals surface area contributed by atoms with Crippen molar-refractivity contribution < 1.29 is 4.74 Å². The number of benzene rings is 4. The second-order valence-electron chi connectivity index (χ2n) is 6.42. The zero-order valence-electron chi connectivity index (χ0n) is 13.6. The molecule has 25 heavy (non-hydrogen) atoms. The van der Waals surface area contributed by atoms with Crippen LogP contribution in [0, 0.1) is 0 Å². The summed E-state index contributed by atoms with van der Waals surface area (Å²) in [5.74, 6) is 1.01. The molecule has 0 saturated carbocycles. The van der Waals surface area contributed by atoms with Crippen LogP contribution in [-0.4, -0.2) is 6.73 Å². The molecule has 0 aliphatic carbocycles. The highest BCUT2D eigenvalue weighted by Gasteiger charge is 2.20. The molecule has 1 aliphatic rings. The minimum absolute atomic E-state index is 0.542. The largest absolute Gasteiger partial charge is 0.472 e. The first-order chi connectivity index (χ1) is 12.3. The lowest BCUT2D eigenvalue weighted by atomic mass is 9.99. The van der Waals surface area contributed by atoms with Gasteiger partial charge in [0.15, 0.2) is 6.73 Å². The van der Waals surface area contributed by atoms with Crippen LogP contribution in [0.2, 0.25) is 5.02 Å². The van der Waals surface area contributed by atoms with E-state index in [9.17, 15) is 0 Å². The fourth-order valence-corrected chi connectivity index (χ4v) is 3.66. The van der Waals surface area contributed by atoms with Gasteiger partial charge in [-0.15, -0.1) is 0 Å². The van der Waals surface area contributed by atoms with E-state index in [4.69, 9.17) is 16.3 Å². The van der Waals surface area contributed by atoms with Crippen LogP contribution in [0.15, 0.2) is 72.8 Å². The van der Waals surface area contributed by atoms with E-state index in [2.05, 4.69) is 53.4 Å². The molecule has 4 aromatic carbocycles. The third-order valence-electron chi connectivity index (χ3n) is 4.84. The highest BCUT2D eigenvalue weighted by molar-refractivity contribution is 6.30. The number of hydrogen-bond donors (Lipinski definition) is 0. The lowest BCUT2D eigenvalue weighted by Gasteiger charge is -2.31. The van der Waals surface area contributed by atoms with Crippen LogP contribution < -0.4 is 9.64 Å². The number of anilines is 1. The Morgan fingerprint density at radius 3 is 2.36 bits per heavy atom. The minimum Gasteiger partial charge on any atom is -0.472 e. The van der Waals surface area contributed by atoms with Crippen molar-refractivity contribution in [3.8, 4) is 5.75 Å². The SMILES string of the molecule is Clc1ccc(N2COc3c(ccc4cc5ccccc5cc34)C2)cc1. The smallest absolute Gasteiger partial charge is 0.161 e. The summed E-state index contributed by atoms with van der Waals surface area (Å²) in [7, 11) is 0. The van der Waals surface area contributed by atoms with Gasteiger partial charge in [0.05, 0.1) is 0 Å². The highest BCUT2D eigenvalue weighted by atomic mass is 35.5. The molecule has 2 nitrogen and oxygen atoms in total. The van der Waals surface area contributed by atoms with Gasteiger partial charge in [0, 0.05) is 28.2 Å². The maximum Gasteiger partial charge on any atom is 0.161 e. The molecule has 0 unspecified atom stereocenters. The zero-order chi connectivity index (χ0) is 16.8. The van der Waals surface area contributed by atoms with Gasteiger partial charge in [-0.05, 0) is 52.6 Å². The molecule has 0 N–H and O–H groups in total. The van der Waals surface area contributed by atoms with E-state index < -0.39 is 0 Å². The summed E-state index contributed by atoms with van der Waals surface area (Å²) in [6, 6.07) is 25.2. The van der Waals surface area contributed by atoms with Gasteiger partial charge in [-0.25, -0.2) is 0 Å². The van der Waals surface area contributed by atoms with Crippen molar-refractivity contribution in [1.29, 1.82) is 0 Å². The molecule has 4 aromatic rings. The fourth-order valence-electron chi connectivity index (χ4n) is 3.54. The van der Waals surface area contributed by atoms with Crippen LogP contribution in [0.25, 0.3) is 21.5 Å². The van der Waals surface area contributed by atoms with Crippen LogP contribution in [-0.2, 0) is 6.54 Å². The summed E-state index contributed by atoms with van der Waals surface area (Å²) in [6.07, 6.45) is 0. The maximum absolute atomic E-state index is 6.18. The van der Waals surface area contributed by atoms with Gasteiger partial charge < -0.3 is 9.64 Å². The Kier molecular flexibility index (Phi) is 3.32. The topological polar surface area (TPSA) is 12.5 Å². The third kappa shape index (κ3) is 2.50. The van der Waals surface area contributed by atoms with Gasteiger partial charge in [-0.1, -0.05) is 48.0 Å². The number of hydrogen-bond acceptors (Lipinski definition) is 2. The second-order valence-corrected chi connectivity index (χ2v) is 6.86. The lowest BCUT2D eigenvalue weighted by Crippen LogP contribution is -2.31. The zero-order valence-corrected chi connectivity index (χ0v) is 14.3. The summed E-state index contributed by atoms with van der Waals surface area (Å²) in [6.45, 7) is 1.38. The van der Waals surface area contributed by atoms with E-state index in [-0.39, 0.29) is 0 Å². The summed E-state index contributed by atoms with van der Waals surface area (Å²) >= 11 is 5.99. The molecule has 0 spiro atoms. The van der Waals surface area contributed by atoms with E-state index in [0.717, 1.165) is 23.0 Å². The van der Waals surface area contributed by atoms with E-state index in [1.165, 1.54) is 27.1 Å². The highest BCUT2D eigenvalue weighted by Crippen LogP contribution is 2.37. The molecule has 0 radical (unpaired) electrons. The van der Waals surface area contributed by atoms with Crippen LogP contribution in [0.1, 0.15) is 5.56 Å². The van der Waals surface area contributed by atoms with Gasteiger partial charge in [-0.2, -0.15) is 0 Å². The van der Waals surface area contributed by atoms with Gasteiger partial charge in [0.25, 0.3) is 0 Å². The van der Waals surface area contributed by atoms with E-state index in [0.29, 0.717) is 6.73 Å². The number of halogens is 1. The third-order valence-corrected chi connectivity index (χ3v) is 5.09. The first kappa shape index (κ1) is 14.6. The Morgan fingerprint density at radius 2 is 1.56 bits per heavy atom. The van der Waals surface area contributed by atoms with Gasteiger partial charge >= 0.3 is 0 Å². The predicted molar refractivity (Wildman–Crippen MR) is 105 cm³/mol. The summed E-state index contributed by atoms with van der Waals surface area (Å²) < 4.78 is 6.18. The van der Waals surface area contributed by atoms with Crippen LogP contribution in [0.3, 0.4) is 0 Å². The van der Waals surface area contributed by atoms with Gasteiger partial charge in [0.1, 0.15) is 5.75 Å². The first-order valence-electron chi connectivity index (χ1n) is 8.36. The molecular formula is C22H16ClNO. The molecule has 0 amide bonds. The van der Waals surface area contributed by atoms with Crippen molar-refractivity contribution in [1.82, 2.24) is 0 Å². The van der Waals surface area contributed by atoms with Crippen LogP contribution in [0.4, 0.5) is 5.69 Å². The van der Waals surface area contributed by atoms with Crippen LogP contribution >= 0.6 is 11.6 Å². The molecule has 5 rings (SSSR count). The molecule has 1 aliphatic heterocycles. The van der Waals surface area contributed by atoms with Crippen molar-refractivity contribution in [3.63, 3.8) is 0 Å². The summed E-state index contributed by atoms with van der Waals surface area (Å²) in [5.41, 5.74) is 2.33. The summed E-state index contributed by atoms with van der Waals surface area (Å²) in [5, 5.41) is 5.66. The molecule has 0 fully saturated rings. The van der Waals surface area contributed by atoms with Gasteiger partial charge in [-0.3, -0.25) is 0 Å². The summed E-state index contributed by atoms with van der Waals surface area (Å²) in [4.78, 5) is 2.21. The Bertz CT molecular complexity index is 1090. The quantitative estimate of drug-likeness (QED) is 0.392. The Labute approximate surface area is 151 Å². The number of fused-ring (bicyclic) bond motifs is 4. The van der Waals surface area contributed by atoms with E-state index in [1.54, 1.807) is 0 Å². The van der Waals surface area contributed by atoms with Crippen molar-refractivity contribution in [2.45, 2.75) is 6.54 Å². The maximum atomic E-state index is 6.18. The minimum atomic E-state index is 0.542. The number of ether oxygens (including phenoxy) is 1. The molecule has 0 atom stereocenters. The normalized spacial score (nSPS) is 13.7. The second kappa shape index (κ2) is 5.68. The molecule has 3 heteroatoms. The van der Waals surface area contributed by atoms with E-state index in [1.807, 2.05) is 24.3 Å². The molecule has 0 saturated heterocycles. The Hall–Kier alpha value is -2.71.